The van der Waals surface area contributed by atoms with Crippen molar-refractivity contribution in [3.63, 3.8) is 0 Å². The highest BCUT2D eigenvalue weighted by Crippen LogP contribution is 2.16. The topological polar surface area (TPSA) is 57.1 Å². The van der Waals surface area contributed by atoms with Crippen LogP contribution in [0.4, 0.5) is 0 Å². The van der Waals surface area contributed by atoms with Gasteiger partial charge in [-0.3, -0.25) is 0 Å². The second-order valence-electron chi connectivity index (χ2n) is 4.09. The maximum Gasteiger partial charge on any atom is 0.324 e. The van der Waals surface area contributed by atoms with Crippen molar-refractivity contribution in [1.82, 2.24) is 15.0 Å². The fourth-order valence-electron chi connectivity index (χ4n) is 0.928. The molecule has 0 fully saturated rings. The molecular formula is C11H18ClN3O2. The third-order valence-corrected chi connectivity index (χ3v) is 2.40. The summed E-state index contributed by atoms with van der Waals surface area (Å²) in [6, 6.07) is 0.412. The quantitative estimate of drug-likeness (QED) is 0.786. The Bertz CT molecular complexity index is 361. The summed E-state index contributed by atoms with van der Waals surface area (Å²) >= 11 is 5.77. The number of hydrogen-bond donors (Lipinski definition) is 0. The molecule has 0 aliphatic carbocycles. The van der Waals surface area contributed by atoms with Crippen LogP contribution >= 0.6 is 11.6 Å². The van der Waals surface area contributed by atoms with Crippen molar-refractivity contribution in [3.05, 3.63) is 5.28 Å². The fraction of sp³-hybridized carbons (Fsp3) is 0.727. The van der Waals surface area contributed by atoms with Crippen LogP contribution in [-0.2, 0) is 0 Å². The molecule has 1 aromatic rings. The van der Waals surface area contributed by atoms with Gasteiger partial charge in [0.25, 0.3) is 0 Å². The Balaban J connectivity index is 2.74. The Kier molecular flexibility index (Phi) is 5.41. The minimum atomic E-state index is 0.00694. The Labute approximate surface area is 107 Å². The predicted molar refractivity (Wildman–Crippen MR) is 65.6 cm³/mol. The van der Waals surface area contributed by atoms with E-state index in [9.17, 15) is 0 Å². The van der Waals surface area contributed by atoms with Gasteiger partial charge in [0.2, 0.25) is 5.28 Å². The number of hydrogen-bond acceptors (Lipinski definition) is 5. The summed E-state index contributed by atoms with van der Waals surface area (Å²) in [5.41, 5.74) is 0. The molecule has 1 heterocycles. The molecule has 0 spiro atoms. The highest BCUT2D eigenvalue weighted by Gasteiger charge is 2.13. The summed E-state index contributed by atoms with van der Waals surface area (Å²) in [5, 5.41) is 0.0806. The standard InChI is InChI=1S/C11H18ClN3O2/c1-5-6-16-10-13-9(12)14-11(15-10)17-8(4)7(2)3/h7-8H,5-6H2,1-4H3. The SMILES string of the molecule is CCCOc1nc(Cl)nc(OC(C)C(C)C)n1. The molecule has 0 radical (unpaired) electrons. The molecule has 0 amide bonds. The average Bonchev–Trinajstić information content (AvgIpc) is 2.25. The largest absolute Gasteiger partial charge is 0.463 e. The zero-order valence-electron chi connectivity index (χ0n) is 10.6. The lowest BCUT2D eigenvalue weighted by Crippen LogP contribution is -2.20. The van der Waals surface area contributed by atoms with Crippen LogP contribution in [0.15, 0.2) is 0 Å². The van der Waals surface area contributed by atoms with Gasteiger partial charge in [0, 0.05) is 0 Å². The first kappa shape index (κ1) is 14.0. The van der Waals surface area contributed by atoms with E-state index in [4.69, 9.17) is 21.1 Å². The van der Waals surface area contributed by atoms with Crippen LogP contribution in [0.1, 0.15) is 34.1 Å². The molecule has 0 saturated carbocycles. The summed E-state index contributed by atoms with van der Waals surface area (Å²) in [7, 11) is 0. The summed E-state index contributed by atoms with van der Waals surface area (Å²) < 4.78 is 10.8. The Hall–Kier alpha value is -1.10. The molecule has 1 rings (SSSR count). The molecule has 5 nitrogen and oxygen atoms in total. The number of nitrogens with zero attached hydrogens (tertiary/aromatic N) is 3. The summed E-state index contributed by atoms with van der Waals surface area (Å²) in [5.74, 6) is 0.366. The minimum absolute atomic E-state index is 0.00694. The van der Waals surface area contributed by atoms with E-state index in [0.717, 1.165) is 6.42 Å². The zero-order chi connectivity index (χ0) is 12.8. The summed E-state index contributed by atoms with van der Waals surface area (Å²) in [4.78, 5) is 11.8. The summed E-state index contributed by atoms with van der Waals surface area (Å²) in [6.45, 7) is 8.61. The maximum atomic E-state index is 5.77. The van der Waals surface area contributed by atoms with Gasteiger partial charge in [-0.05, 0) is 30.9 Å². The summed E-state index contributed by atoms with van der Waals surface area (Å²) in [6.07, 6.45) is 0.884. The van der Waals surface area contributed by atoms with E-state index in [2.05, 4.69) is 28.8 Å². The lowest BCUT2D eigenvalue weighted by molar-refractivity contribution is 0.152. The zero-order valence-corrected chi connectivity index (χ0v) is 11.4. The molecule has 6 heteroatoms. The minimum Gasteiger partial charge on any atom is -0.463 e. The Morgan fingerprint density at radius 3 is 2.35 bits per heavy atom. The molecule has 0 N–H and O–H groups in total. The number of rotatable bonds is 6. The lowest BCUT2D eigenvalue weighted by atomic mass is 10.1. The molecule has 0 aliphatic rings. The fourth-order valence-corrected chi connectivity index (χ4v) is 1.07. The van der Waals surface area contributed by atoms with Crippen LogP contribution in [0, 0.1) is 5.92 Å². The van der Waals surface area contributed by atoms with Crippen LogP contribution in [0.5, 0.6) is 12.0 Å². The number of halogens is 1. The second kappa shape index (κ2) is 6.59. The molecule has 0 bridgehead atoms. The van der Waals surface area contributed by atoms with E-state index in [0.29, 0.717) is 12.5 Å². The smallest absolute Gasteiger partial charge is 0.324 e. The molecule has 0 aliphatic heterocycles. The molecule has 96 valence electrons. The Morgan fingerprint density at radius 1 is 1.12 bits per heavy atom. The lowest BCUT2D eigenvalue weighted by Gasteiger charge is -2.16. The van der Waals surface area contributed by atoms with Gasteiger partial charge in [-0.15, -0.1) is 4.98 Å². The van der Waals surface area contributed by atoms with Crippen molar-refractivity contribution < 1.29 is 9.47 Å². The highest BCUT2D eigenvalue weighted by molar-refractivity contribution is 6.28. The van der Waals surface area contributed by atoms with Crippen LogP contribution < -0.4 is 9.47 Å². The molecule has 1 unspecified atom stereocenters. The Morgan fingerprint density at radius 2 is 1.76 bits per heavy atom. The molecule has 17 heavy (non-hydrogen) atoms. The monoisotopic (exact) mass is 259 g/mol. The van der Waals surface area contributed by atoms with E-state index in [1.165, 1.54) is 0 Å². The first-order chi connectivity index (χ1) is 8.02. The van der Waals surface area contributed by atoms with Gasteiger partial charge in [0.15, 0.2) is 0 Å². The van der Waals surface area contributed by atoms with E-state index >= 15 is 0 Å². The van der Waals surface area contributed by atoms with Gasteiger partial charge in [0.1, 0.15) is 6.10 Å². The molecular weight excluding hydrogens is 242 g/mol. The van der Waals surface area contributed by atoms with E-state index < -0.39 is 0 Å². The van der Waals surface area contributed by atoms with Crippen molar-refractivity contribution in [2.24, 2.45) is 5.92 Å². The molecule has 1 aromatic heterocycles. The first-order valence-electron chi connectivity index (χ1n) is 5.74. The van der Waals surface area contributed by atoms with Crippen LogP contribution in [-0.4, -0.2) is 27.7 Å². The van der Waals surface area contributed by atoms with Gasteiger partial charge < -0.3 is 9.47 Å². The van der Waals surface area contributed by atoms with E-state index in [-0.39, 0.29) is 23.4 Å². The molecule has 0 saturated heterocycles. The predicted octanol–water partition coefficient (Wildman–Crippen LogP) is 2.74. The third kappa shape index (κ3) is 4.73. The van der Waals surface area contributed by atoms with E-state index in [1.807, 2.05) is 13.8 Å². The van der Waals surface area contributed by atoms with Crippen molar-refractivity contribution in [1.29, 1.82) is 0 Å². The molecule has 1 atom stereocenters. The van der Waals surface area contributed by atoms with Crippen molar-refractivity contribution in [2.45, 2.75) is 40.2 Å². The maximum absolute atomic E-state index is 5.77. The van der Waals surface area contributed by atoms with Gasteiger partial charge in [-0.2, -0.15) is 9.97 Å². The van der Waals surface area contributed by atoms with Crippen LogP contribution in [0.25, 0.3) is 0 Å². The van der Waals surface area contributed by atoms with Crippen molar-refractivity contribution in [3.8, 4) is 12.0 Å². The first-order valence-corrected chi connectivity index (χ1v) is 6.11. The molecule has 0 aromatic carbocycles. The van der Waals surface area contributed by atoms with Crippen LogP contribution in [0.2, 0.25) is 5.28 Å². The van der Waals surface area contributed by atoms with Gasteiger partial charge in [0.05, 0.1) is 6.61 Å². The van der Waals surface area contributed by atoms with E-state index in [1.54, 1.807) is 0 Å². The van der Waals surface area contributed by atoms with Crippen molar-refractivity contribution >= 4 is 11.6 Å². The van der Waals surface area contributed by atoms with Gasteiger partial charge in [-0.25, -0.2) is 0 Å². The normalized spacial score (nSPS) is 12.6. The number of ether oxygens (including phenoxy) is 2. The third-order valence-electron chi connectivity index (χ3n) is 2.23. The van der Waals surface area contributed by atoms with Crippen LogP contribution in [0.3, 0.4) is 0 Å². The number of aromatic nitrogens is 3. The highest BCUT2D eigenvalue weighted by atomic mass is 35.5. The van der Waals surface area contributed by atoms with Crippen molar-refractivity contribution in [2.75, 3.05) is 6.61 Å². The average molecular weight is 260 g/mol. The van der Waals surface area contributed by atoms with Gasteiger partial charge >= 0.3 is 12.0 Å². The second-order valence-corrected chi connectivity index (χ2v) is 4.42. The van der Waals surface area contributed by atoms with Gasteiger partial charge in [-0.1, -0.05) is 20.8 Å².